The number of rotatable bonds is 10. The lowest BCUT2D eigenvalue weighted by Gasteiger charge is -2.29. The van der Waals surface area contributed by atoms with Gasteiger partial charge in [-0.3, -0.25) is 0 Å². The number of carbonyl (C=O) groups is 1. The highest BCUT2D eigenvalue weighted by atomic mass is 32.2. The van der Waals surface area contributed by atoms with E-state index in [1.807, 2.05) is 6.26 Å². The van der Waals surface area contributed by atoms with Gasteiger partial charge in [-0.05, 0) is 32.1 Å². The molecule has 0 fully saturated rings. The smallest absolute Gasteiger partial charge is 0.370 e. The molecule has 2 rings (SSSR count). The predicted octanol–water partition coefficient (Wildman–Crippen LogP) is 4.57. The van der Waals surface area contributed by atoms with Crippen LogP contribution in [0.25, 0.3) is 0 Å². The molecule has 0 bridgehead atoms. The molecule has 1 aromatic rings. The van der Waals surface area contributed by atoms with E-state index in [-0.39, 0.29) is 23.3 Å². The van der Waals surface area contributed by atoms with Crippen LogP contribution in [-0.4, -0.2) is 57.7 Å². The number of hydrogen-bond donors (Lipinski definition) is 0. The summed E-state index contributed by atoms with van der Waals surface area (Å²) < 4.78 is 52.5. The van der Waals surface area contributed by atoms with Crippen molar-refractivity contribution in [2.75, 3.05) is 37.9 Å². The summed E-state index contributed by atoms with van der Waals surface area (Å²) in [5.74, 6) is -2.16. The molecule has 0 N–H and O–H groups in total. The molecule has 10 heteroatoms. The van der Waals surface area contributed by atoms with Gasteiger partial charge >= 0.3 is 5.97 Å². The first kappa shape index (κ1) is 26.5. The van der Waals surface area contributed by atoms with Crippen LogP contribution >= 0.6 is 11.8 Å². The zero-order valence-corrected chi connectivity index (χ0v) is 21.0. The number of ether oxygens (including phenoxy) is 2. The maximum atomic E-state index is 14.0. The standard InChI is InChI=1S/C22H33FN2O5S2/c1-6-9-10-16-14-25(11-7-2)18-12-20(31-5)19(13-21(18)32(27,28)24(16)4)30-15-17(23)22(26)29-8-3/h12-13,15-16H,6-11,14H2,1-5H3/b17-15-. The van der Waals surface area contributed by atoms with Gasteiger partial charge in [0.25, 0.3) is 0 Å². The van der Waals surface area contributed by atoms with Crippen LogP contribution in [0.2, 0.25) is 0 Å². The summed E-state index contributed by atoms with van der Waals surface area (Å²) in [7, 11) is -2.19. The largest absolute Gasteiger partial charge is 0.461 e. The fourth-order valence-corrected chi connectivity index (χ4v) is 5.73. The third-order valence-corrected chi connectivity index (χ3v) is 8.03. The lowest BCUT2D eigenvalue weighted by Crippen LogP contribution is -2.42. The summed E-state index contributed by atoms with van der Waals surface area (Å²) in [6, 6.07) is 3.05. The van der Waals surface area contributed by atoms with Crippen LogP contribution in [-0.2, 0) is 19.6 Å². The Morgan fingerprint density at radius 3 is 2.59 bits per heavy atom. The highest BCUT2D eigenvalue weighted by molar-refractivity contribution is 7.98. The van der Waals surface area contributed by atoms with Gasteiger partial charge in [0.2, 0.25) is 15.9 Å². The molecule has 0 aliphatic carbocycles. The van der Waals surface area contributed by atoms with Crippen LogP contribution in [0.1, 0.15) is 46.5 Å². The molecule has 0 amide bonds. The van der Waals surface area contributed by atoms with Gasteiger partial charge in [0, 0.05) is 32.2 Å². The number of unbranched alkanes of at least 4 members (excludes halogenated alkanes) is 1. The monoisotopic (exact) mass is 488 g/mol. The number of halogens is 1. The maximum Gasteiger partial charge on any atom is 0.370 e. The summed E-state index contributed by atoms with van der Waals surface area (Å²) in [5.41, 5.74) is 0.615. The van der Waals surface area contributed by atoms with Gasteiger partial charge in [0.15, 0.2) is 0 Å². The van der Waals surface area contributed by atoms with Gasteiger partial charge in [-0.25, -0.2) is 13.2 Å². The van der Waals surface area contributed by atoms with Gasteiger partial charge in [-0.2, -0.15) is 8.70 Å². The van der Waals surface area contributed by atoms with Crippen molar-refractivity contribution < 1.29 is 27.1 Å². The van der Waals surface area contributed by atoms with E-state index in [4.69, 9.17) is 4.74 Å². The van der Waals surface area contributed by atoms with E-state index in [0.717, 1.165) is 25.7 Å². The quantitative estimate of drug-likeness (QED) is 0.207. The number of benzene rings is 1. The molecule has 1 aromatic carbocycles. The van der Waals surface area contributed by atoms with Crippen LogP contribution in [0.3, 0.4) is 0 Å². The van der Waals surface area contributed by atoms with Crippen LogP contribution in [0.5, 0.6) is 5.75 Å². The van der Waals surface area contributed by atoms with Crippen LogP contribution in [0.15, 0.2) is 34.0 Å². The zero-order valence-electron chi connectivity index (χ0n) is 19.4. The average Bonchev–Trinajstić information content (AvgIpc) is 2.84. The van der Waals surface area contributed by atoms with Crippen molar-refractivity contribution in [1.82, 2.24) is 4.31 Å². The Morgan fingerprint density at radius 1 is 1.28 bits per heavy atom. The molecule has 0 spiro atoms. The van der Waals surface area contributed by atoms with Gasteiger partial charge in [-0.15, -0.1) is 11.8 Å². The fraction of sp³-hybridized carbons (Fsp3) is 0.591. The minimum Gasteiger partial charge on any atom is -0.461 e. The summed E-state index contributed by atoms with van der Waals surface area (Å²) in [6.45, 7) is 7.06. The SMILES string of the molecule is CCCCC1CN(CCC)c2cc(SC)c(O/C=C(\F)C(=O)OCC)cc2S(=O)(=O)N1C. The van der Waals surface area contributed by atoms with Crippen LogP contribution in [0.4, 0.5) is 10.1 Å². The van der Waals surface area contributed by atoms with E-state index in [9.17, 15) is 17.6 Å². The number of sulfonamides is 1. The number of likely N-dealkylation sites (N-methyl/N-ethyl adjacent to an activating group) is 1. The molecule has 180 valence electrons. The molecule has 0 saturated heterocycles. The summed E-state index contributed by atoms with van der Waals surface area (Å²) in [5, 5.41) is 0. The van der Waals surface area contributed by atoms with Crippen molar-refractivity contribution in [2.24, 2.45) is 0 Å². The molecule has 1 aliphatic rings. The molecule has 1 unspecified atom stereocenters. The van der Waals surface area contributed by atoms with Crippen molar-refractivity contribution in [2.45, 2.75) is 62.3 Å². The van der Waals surface area contributed by atoms with Crippen molar-refractivity contribution in [1.29, 1.82) is 0 Å². The maximum absolute atomic E-state index is 14.0. The van der Waals surface area contributed by atoms with Crippen LogP contribution < -0.4 is 9.64 Å². The Hall–Kier alpha value is -1.78. The van der Waals surface area contributed by atoms with E-state index in [0.29, 0.717) is 29.9 Å². The molecule has 0 radical (unpaired) electrons. The summed E-state index contributed by atoms with van der Waals surface area (Å²) in [4.78, 5) is 14.4. The van der Waals surface area contributed by atoms with E-state index in [1.54, 1.807) is 20.0 Å². The Bertz CT molecular complexity index is 936. The van der Waals surface area contributed by atoms with Gasteiger partial charge in [0.05, 0.1) is 17.2 Å². The molecular formula is C22H33FN2O5S2. The van der Waals surface area contributed by atoms with Gasteiger partial charge in [-0.1, -0.05) is 26.7 Å². The highest BCUT2D eigenvalue weighted by Crippen LogP contribution is 2.41. The highest BCUT2D eigenvalue weighted by Gasteiger charge is 2.36. The zero-order chi connectivity index (χ0) is 23.9. The Labute approximate surface area is 195 Å². The van der Waals surface area contributed by atoms with E-state index in [2.05, 4.69) is 23.5 Å². The second kappa shape index (κ2) is 11.9. The van der Waals surface area contributed by atoms with Crippen molar-refractivity contribution in [3.63, 3.8) is 0 Å². The Balaban J connectivity index is 2.56. The molecule has 1 heterocycles. The molecule has 0 aromatic heterocycles. The third kappa shape index (κ3) is 5.96. The molecule has 7 nitrogen and oxygen atoms in total. The van der Waals surface area contributed by atoms with Crippen LogP contribution in [0, 0.1) is 0 Å². The summed E-state index contributed by atoms with van der Waals surface area (Å²) in [6.07, 6.45) is 6.03. The number of carbonyl (C=O) groups excluding carboxylic acids is 1. The molecule has 1 aliphatic heterocycles. The number of thioether (sulfide) groups is 1. The van der Waals surface area contributed by atoms with Crippen molar-refractivity contribution >= 4 is 33.4 Å². The third-order valence-electron chi connectivity index (χ3n) is 5.33. The lowest BCUT2D eigenvalue weighted by molar-refractivity contribution is -0.140. The number of anilines is 1. The second-order valence-electron chi connectivity index (χ2n) is 7.54. The second-order valence-corrected chi connectivity index (χ2v) is 10.4. The van der Waals surface area contributed by atoms with Gasteiger partial charge in [0.1, 0.15) is 16.9 Å². The summed E-state index contributed by atoms with van der Waals surface area (Å²) >= 11 is 1.35. The number of esters is 1. The Kier molecular flexibility index (Phi) is 9.84. The lowest BCUT2D eigenvalue weighted by atomic mass is 10.1. The first-order valence-electron chi connectivity index (χ1n) is 10.9. The minimum absolute atomic E-state index is 0.0338. The van der Waals surface area contributed by atoms with E-state index >= 15 is 0 Å². The molecule has 1 atom stereocenters. The van der Waals surface area contributed by atoms with Crippen molar-refractivity contribution in [3.05, 3.63) is 24.2 Å². The average molecular weight is 489 g/mol. The number of fused-ring (bicyclic) bond motifs is 1. The van der Waals surface area contributed by atoms with Gasteiger partial charge < -0.3 is 14.4 Å². The van der Waals surface area contributed by atoms with Crippen molar-refractivity contribution in [3.8, 4) is 5.75 Å². The predicted molar refractivity (Wildman–Crippen MR) is 125 cm³/mol. The first-order valence-corrected chi connectivity index (χ1v) is 13.5. The fourth-order valence-electron chi connectivity index (χ4n) is 3.61. The molecule has 0 saturated carbocycles. The topological polar surface area (TPSA) is 76.1 Å². The number of hydrogen-bond acceptors (Lipinski definition) is 7. The first-order chi connectivity index (χ1) is 15.2. The normalized spacial score (nSPS) is 18.8. The molecular weight excluding hydrogens is 455 g/mol. The molecule has 32 heavy (non-hydrogen) atoms. The van der Waals surface area contributed by atoms with E-state index in [1.165, 1.54) is 22.1 Å². The number of nitrogens with zero attached hydrogens (tertiary/aromatic N) is 2. The Morgan fingerprint density at radius 2 is 2.00 bits per heavy atom. The minimum atomic E-state index is -3.80. The van der Waals surface area contributed by atoms with E-state index < -0.39 is 21.8 Å².